The van der Waals surface area contributed by atoms with Gasteiger partial charge in [-0.2, -0.15) is 0 Å². The van der Waals surface area contributed by atoms with Crippen molar-refractivity contribution in [2.24, 2.45) is 0 Å². The normalized spacial score (nSPS) is 11.2. The number of halogens is 1. The van der Waals surface area contributed by atoms with E-state index >= 15 is 0 Å². The van der Waals surface area contributed by atoms with Gasteiger partial charge in [0.15, 0.2) is 0 Å². The van der Waals surface area contributed by atoms with Crippen molar-refractivity contribution >= 4 is 33.2 Å². The van der Waals surface area contributed by atoms with Crippen LogP contribution in [0.1, 0.15) is 10.5 Å². The molecule has 0 saturated carbocycles. The fourth-order valence-corrected chi connectivity index (χ4v) is 3.77. The van der Waals surface area contributed by atoms with Crippen molar-refractivity contribution in [3.63, 3.8) is 0 Å². The molecule has 2 aromatic heterocycles. The lowest BCUT2D eigenvalue weighted by Crippen LogP contribution is -2.14. The minimum Gasteiger partial charge on any atom is -0.495 e. The van der Waals surface area contributed by atoms with E-state index in [1.54, 1.807) is 18.2 Å². The van der Waals surface area contributed by atoms with Crippen LogP contribution in [0.2, 0.25) is 5.02 Å². The number of rotatable bonds is 5. The van der Waals surface area contributed by atoms with Crippen molar-refractivity contribution < 1.29 is 17.9 Å². The Bertz CT molecular complexity index is 1050. The molecular weight excluding hydrogens is 378 g/mol. The first-order valence-corrected chi connectivity index (χ1v) is 9.23. The van der Waals surface area contributed by atoms with Gasteiger partial charge in [-0.25, -0.2) is 12.4 Å². The molecule has 1 N–H and O–H groups in total. The summed E-state index contributed by atoms with van der Waals surface area (Å²) in [6.45, 7) is 0. The number of aromatic nitrogens is 2. The third-order valence-electron chi connectivity index (χ3n) is 3.52. The van der Waals surface area contributed by atoms with Crippen LogP contribution < -0.4 is 10.1 Å². The average molecular weight is 392 g/mol. The number of ether oxygens (including phenoxy) is 1. The topological polar surface area (TPSA) is 90.3 Å². The van der Waals surface area contributed by atoms with Crippen molar-refractivity contribution in [2.45, 2.75) is 4.90 Å². The molecule has 0 saturated heterocycles. The third kappa shape index (κ3) is 3.56. The predicted octanol–water partition coefficient (Wildman–Crippen LogP) is 3.03. The number of nitrogens with one attached hydrogen (secondary N) is 1. The number of hydrogen-bond acceptors (Lipinski definition) is 5. The number of pyridine rings is 1. The van der Waals surface area contributed by atoms with Crippen molar-refractivity contribution in [1.82, 2.24) is 8.96 Å². The Kier molecular flexibility index (Phi) is 4.97. The molecule has 0 radical (unpaired) electrons. The van der Waals surface area contributed by atoms with Crippen LogP contribution in [0.15, 0.2) is 66.0 Å². The van der Waals surface area contributed by atoms with E-state index in [4.69, 9.17) is 16.3 Å². The monoisotopic (exact) mass is 391 g/mol. The van der Waals surface area contributed by atoms with Crippen LogP contribution in [-0.2, 0) is 10.0 Å². The molecule has 0 atom stereocenters. The lowest BCUT2D eigenvalue weighted by Gasteiger charge is -2.08. The average Bonchev–Trinajstić information content (AvgIpc) is 3.11. The van der Waals surface area contributed by atoms with Crippen molar-refractivity contribution in [3.8, 4) is 5.75 Å². The Morgan fingerprint density at radius 2 is 2.04 bits per heavy atom. The second-order valence-electron chi connectivity index (χ2n) is 5.20. The molecule has 0 bridgehead atoms. The van der Waals surface area contributed by atoms with Gasteiger partial charge in [-0.1, -0.05) is 17.7 Å². The van der Waals surface area contributed by atoms with Crippen LogP contribution >= 0.6 is 11.6 Å². The van der Waals surface area contributed by atoms with E-state index < -0.39 is 15.9 Å². The summed E-state index contributed by atoms with van der Waals surface area (Å²) in [7, 11) is -2.41. The second-order valence-corrected chi connectivity index (χ2v) is 7.45. The SMILES string of the molecule is COc1ccc(S(=O)(=O)n2ccc(NC(=O)c3ccccn3)c2)cc1Cl. The number of nitrogens with zero attached hydrogens (tertiary/aromatic N) is 2. The molecule has 0 unspecified atom stereocenters. The van der Waals surface area contributed by atoms with E-state index in [2.05, 4.69) is 10.3 Å². The van der Waals surface area contributed by atoms with Crippen LogP contribution in [0.4, 0.5) is 5.69 Å². The Morgan fingerprint density at radius 1 is 1.23 bits per heavy atom. The molecule has 26 heavy (non-hydrogen) atoms. The second kappa shape index (κ2) is 7.19. The number of anilines is 1. The molecule has 1 aromatic carbocycles. The molecule has 0 aliphatic rings. The van der Waals surface area contributed by atoms with Crippen molar-refractivity contribution in [1.29, 1.82) is 0 Å². The molecule has 2 heterocycles. The van der Waals surface area contributed by atoms with Gasteiger partial charge in [0.2, 0.25) is 0 Å². The zero-order valence-electron chi connectivity index (χ0n) is 13.6. The Balaban J connectivity index is 1.84. The Morgan fingerprint density at radius 3 is 2.69 bits per heavy atom. The van der Waals surface area contributed by atoms with Gasteiger partial charge in [-0.15, -0.1) is 0 Å². The zero-order chi connectivity index (χ0) is 18.7. The highest BCUT2D eigenvalue weighted by Gasteiger charge is 2.19. The van der Waals surface area contributed by atoms with Gasteiger partial charge in [0.1, 0.15) is 11.4 Å². The fourth-order valence-electron chi connectivity index (χ4n) is 2.22. The summed E-state index contributed by atoms with van der Waals surface area (Å²) < 4.78 is 31.4. The van der Waals surface area contributed by atoms with E-state index in [1.165, 1.54) is 50.0 Å². The number of methoxy groups -OCH3 is 1. The van der Waals surface area contributed by atoms with E-state index in [9.17, 15) is 13.2 Å². The molecule has 1 amide bonds. The standard InChI is InChI=1S/C17H14ClN3O4S/c1-25-16-6-5-13(10-14(16)18)26(23,24)21-9-7-12(11-21)20-17(22)15-4-2-3-8-19-15/h2-11H,1H3,(H,20,22). The van der Waals surface area contributed by atoms with Gasteiger partial charge >= 0.3 is 0 Å². The smallest absolute Gasteiger partial charge is 0.274 e. The first-order valence-electron chi connectivity index (χ1n) is 7.41. The molecular formula is C17H14ClN3O4S. The summed E-state index contributed by atoms with van der Waals surface area (Å²) in [4.78, 5) is 16.0. The number of carbonyl (C=O) groups excluding carboxylic acids is 1. The maximum atomic E-state index is 12.7. The Hall–Kier alpha value is -2.84. The highest BCUT2D eigenvalue weighted by molar-refractivity contribution is 7.90. The maximum absolute atomic E-state index is 12.7. The molecule has 9 heteroatoms. The minimum absolute atomic E-state index is 0.00139. The molecule has 0 aliphatic carbocycles. The van der Waals surface area contributed by atoms with Crippen LogP contribution in [0.5, 0.6) is 5.75 Å². The van der Waals surface area contributed by atoms with Gasteiger partial charge < -0.3 is 10.1 Å². The summed E-state index contributed by atoms with van der Waals surface area (Å²) in [5, 5.41) is 2.78. The van der Waals surface area contributed by atoms with Gasteiger partial charge in [-0.05, 0) is 36.4 Å². The van der Waals surface area contributed by atoms with Crippen molar-refractivity contribution in [2.75, 3.05) is 12.4 Å². The maximum Gasteiger partial charge on any atom is 0.274 e. The van der Waals surface area contributed by atoms with Crippen molar-refractivity contribution in [3.05, 3.63) is 71.8 Å². The molecule has 0 fully saturated rings. The summed E-state index contributed by atoms with van der Waals surface area (Å²) in [6, 6.07) is 10.6. The Labute approximate surface area is 155 Å². The van der Waals surface area contributed by atoms with E-state index in [1.807, 2.05) is 0 Å². The largest absolute Gasteiger partial charge is 0.495 e. The summed E-state index contributed by atoms with van der Waals surface area (Å²) in [5.74, 6) is -0.0605. The van der Waals surface area contributed by atoms with E-state index in [0.29, 0.717) is 11.4 Å². The van der Waals surface area contributed by atoms with E-state index in [0.717, 1.165) is 3.97 Å². The van der Waals surface area contributed by atoms with Crippen LogP contribution in [0, 0.1) is 0 Å². The van der Waals surface area contributed by atoms with Crippen LogP contribution in [-0.4, -0.2) is 30.4 Å². The lowest BCUT2D eigenvalue weighted by molar-refractivity contribution is 0.102. The van der Waals surface area contributed by atoms with Gasteiger partial charge in [0.25, 0.3) is 15.9 Å². The number of carbonyl (C=O) groups is 1. The van der Waals surface area contributed by atoms with Gasteiger partial charge in [0, 0.05) is 18.6 Å². The summed E-state index contributed by atoms with van der Waals surface area (Å²) >= 11 is 6.00. The first-order chi connectivity index (χ1) is 12.4. The molecule has 7 nitrogen and oxygen atoms in total. The fraction of sp³-hybridized carbons (Fsp3) is 0.0588. The highest BCUT2D eigenvalue weighted by atomic mass is 35.5. The summed E-state index contributed by atoms with van der Waals surface area (Å²) in [6.07, 6.45) is 4.13. The minimum atomic E-state index is -3.86. The summed E-state index contributed by atoms with van der Waals surface area (Å²) in [5.41, 5.74) is 0.550. The van der Waals surface area contributed by atoms with Crippen LogP contribution in [0.3, 0.4) is 0 Å². The molecule has 3 aromatic rings. The number of amides is 1. The number of hydrogen-bond donors (Lipinski definition) is 1. The third-order valence-corrected chi connectivity index (χ3v) is 5.45. The predicted molar refractivity (Wildman–Crippen MR) is 97.2 cm³/mol. The van der Waals surface area contributed by atoms with Crippen LogP contribution in [0.25, 0.3) is 0 Å². The first kappa shape index (κ1) is 18.0. The quantitative estimate of drug-likeness (QED) is 0.721. The van der Waals surface area contributed by atoms with E-state index in [-0.39, 0.29) is 15.6 Å². The van der Waals surface area contributed by atoms with Gasteiger partial charge in [0.05, 0.1) is 22.7 Å². The molecule has 0 aliphatic heterocycles. The molecule has 0 spiro atoms. The lowest BCUT2D eigenvalue weighted by atomic mass is 10.3. The number of benzene rings is 1. The highest BCUT2D eigenvalue weighted by Crippen LogP contribution is 2.28. The van der Waals surface area contributed by atoms with Gasteiger partial charge in [-0.3, -0.25) is 9.78 Å². The molecule has 134 valence electrons. The molecule has 3 rings (SSSR count). The zero-order valence-corrected chi connectivity index (χ0v) is 15.2.